The van der Waals surface area contributed by atoms with Crippen molar-refractivity contribution in [1.29, 1.82) is 0 Å². The number of hydrogen-bond acceptors (Lipinski definition) is 4. The molecule has 0 aromatic heterocycles. The molecule has 1 rings (SSSR count). The number of halogens is 2. The van der Waals surface area contributed by atoms with Gasteiger partial charge in [0.2, 0.25) is 0 Å². The average Bonchev–Trinajstić information content (AvgIpc) is 2.57. The molecule has 8 heteroatoms. The van der Waals surface area contributed by atoms with E-state index in [1.54, 1.807) is 38.1 Å². The first kappa shape index (κ1) is 23.4. The van der Waals surface area contributed by atoms with Crippen molar-refractivity contribution in [1.82, 2.24) is 10.6 Å². The first-order chi connectivity index (χ1) is 11.3. The van der Waals surface area contributed by atoms with Crippen molar-refractivity contribution in [2.75, 3.05) is 52.8 Å². The van der Waals surface area contributed by atoms with Crippen LogP contribution in [0.15, 0.2) is 34.2 Å². The highest BCUT2D eigenvalue weighted by atomic mass is 127. The summed E-state index contributed by atoms with van der Waals surface area (Å²) in [6.45, 7) is 3.55. The molecule has 1 aromatic carbocycles. The van der Waals surface area contributed by atoms with Gasteiger partial charge < -0.3 is 20.1 Å². The van der Waals surface area contributed by atoms with Crippen molar-refractivity contribution < 1.29 is 13.9 Å². The first-order valence-corrected chi connectivity index (χ1v) is 8.64. The molecule has 5 nitrogen and oxygen atoms in total. The molecule has 0 heterocycles. The van der Waals surface area contributed by atoms with Crippen LogP contribution in [0.25, 0.3) is 0 Å². The third-order valence-corrected chi connectivity index (χ3v) is 3.90. The Morgan fingerprint density at radius 2 is 1.83 bits per heavy atom. The minimum Gasteiger partial charge on any atom is -0.382 e. The number of guanidine groups is 1. The molecule has 138 valence electrons. The largest absolute Gasteiger partial charge is 0.382 e. The van der Waals surface area contributed by atoms with Gasteiger partial charge in [0, 0.05) is 44.5 Å². The Labute approximate surface area is 165 Å². The highest BCUT2D eigenvalue weighted by Crippen LogP contribution is 2.17. The second-order valence-corrected chi connectivity index (χ2v) is 5.86. The summed E-state index contributed by atoms with van der Waals surface area (Å²) in [4.78, 5) is 5.23. The fourth-order valence-electron chi connectivity index (χ4n) is 1.72. The van der Waals surface area contributed by atoms with Gasteiger partial charge in [0.1, 0.15) is 5.82 Å². The van der Waals surface area contributed by atoms with Gasteiger partial charge in [0.15, 0.2) is 5.96 Å². The molecule has 2 N–H and O–H groups in total. The maximum Gasteiger partial charge on any atom is 0.191 e. The standard InChI is InChI=1S/C16H26FN3O2S.HI/c1-18-16(19-8-3-10-22-12-11-21-2)20-9-13-23-15-6-4-14(17)5-7-15;/h4-7H,3,8-13H2,1-2H3,(H2,18,19,20);1H. The third kappa shape index (κ3) is 11.9. The van der Waals surface area contributed by atoms with E-state index in [0.29, 0.717) is 19.8 Å². The summed E-state index contributed by atoms with van der Waals surface area (Å²) >= 11 is 1.68. The lowest BCUT2D eigenvalue weighted by molar-refractivity contribution is 0.0698. The van der Waals surface area contributed by atoms with Gasteiger partial charge in [0.25, 0.3) is 0 Å². The summed E-state index contributed by atoms with van der Waals surface area (Å²) in [5, 5.41) is 6.48. The van der Waals surface area contributed by atoms with Gasteiger partial charge >= 0.3 is 0 Å². The second kappa shape index (κ2) is 15.9. The van der Waals surface area contributed by atoms with E-state index >= 15 is 0 Å². The van der Waals surface area contributed by atoms with Crippen LogP contribution in [-0.2, 0) is 9.47 Å². The van der Waals surface area contributed by atoms with Crippen LogP contribution in [0.4, 0.5) is 4.39 Å². The molecule has 0 aliphatic carbocycles. The Hall–Kier alpha value is -0.580. The predicted molar refractivity (Wildman–Crippen MR) is 109 cm³/mol. The molecule has 1 aromatic rings. The summed E-state index contributed by atoms with van der Waals surface area (Å²) in [6, 6.07) is 6.53. The quantitative estimate of drug-likeness (QED) is 0.171. The van der Waals surface area contributed by atoms with Crippen LogP contribution in [0, 0.1) is 5.82 Å². The lowest BCUT2D eigenvalue weighted by atomic mass is 10.4. The van der Waals surface area contributed by atoms with Crippen LogP contribution >= 0.6 is 35.7 Å². The molecule has 0 saturated heterocycles. The molecule has 0 radical (unpaired) electrons. The molecule has 0 fully saturated rings. The minimum absolute atomic E-state index is 0. The Kier molecular flexibility index (Phi) is 15.5. The van der Waals surface area contributed by atoms with Crippen molar-refractivity contribution in [3.8, 4) is 0 Å². The highest BCUT2D eigenvalue weighted by Gasteiger charge is 1.98. The zero-order valence-electron chi connectivity index (χ0n) is 14.2. The molecular formula is C16H27FIN3O2S. The highest BCUT2D eigenvalue weighted by molar-refractivity contribution is 14.0. The summed E-state index contributed by atoms with van der Waals surface area (Å²) in [7, 11) is 3.41. The molecule has 0 spiro atoms. The molecule has 0 amide bonds. The number of rotatable bonds is 11. The smallest absolute Gasteiger partial charge is 0.191 e. The Balaban J connectivity index is 0.00000529. The van der Waals surface area contributed by atoms with Gasteiger partial charge in [-0.25, -0.2) is 4.39 Å². The SMILES string of the molecule is CN=C(NCCCOCCOC)NCCSc1ccc(F)cc1.I. The van der Waals surface area contributed by atoms with Gasteiger partial charge in [-0.05, 0) is 30.7 Å². The summed E-state index contributed by atoms with van der Waals surface area (Å²) in [5.41, 5.74) is 0. The van der Waals surface area contributed by atoms with Crippen molar-refractivity contribution >= 4 is 41.7 Å². The van der Waals surface area contributed by atoms with E-state index in [1.807, 2.05) is 0 Å². The van der Waals surface area contributed by atoms with E-state index in [2.05, 4.69) is 15.6 Å². The number of ether oxygens (including phenoxy) is 2. The lowest BCUT2D eigenvalue weighted by Crippen LogP contribution is -2.39. The third-order valence-electron chi connectivity index (χ3n) is 2.89. The second-order valence-electron chi connectivity index (χ2n) is 4.69. The molecule has 0 bridgehead atoms. The zero-order valence-corrected chi connectivity index (χ0v) is 17.4. The number of nitrogens with zero attached hydrogens (tertiary/aromatic N) is 1. The topological polar surface area (TPSA) is 54.9 Å². The van der Waals surface area contributed by atoms with E-state index in [0.717, 1.165) is 36.1 Å². The Morgan fingerprint density at radius 3 is 2.50 bits per heavy atom. The maximum absolute atomic E-state index is 12.8. The molecule has 0 unspecified atom stereocenters. The Bertz CT molecular complexity index is 449. The molecule has 0 aliphatic heterocycles. The number of thioether (sulfide) groups is 1. The molecular weight excluding hydrogens is 444 g/mol. The van der Waals surface area contributed by atoms with E-state index in [1.165, 1.54) is 12.1 Å². The van der Waals surface area contributed by atoms with Gasteiger partial charge in [-0.2, -0.15) is 0 Å². The van der Waals surface area contributed by atoms with Gasteiger partial charge in [-0.15, -0.1) is 35.7 Å². The van der Waals surface area contributed by atoms with Crippen LogP contribution in [0.5, 0.6) is 0 Å². The molecule has 0 saturated carbocycles. The monoisotopic (exact) mass is 471 g/mol. The fourth-order valence-corrected chi connectivity index (χ4v) is 2.48. The number of nitrogens with one attached hydrogen (secondary N) is 2. The first-order valence-electron chi connectivity index (χ1n) is 7.66. The molecule has 0 atom stereocenters. The number of benzene rings is 1. The number of methoxy groups -OCH3 is 1. The van der Waals surface area contributed by atoms with Crippen LogP contribution in [0.1, 0.15) is 6.42 Å². The molecule has 24 heavy (non-hydrogen) atoms. The van der Waals surface area contributed by atoms with Crippen LogP contribution in [-0.4, -0.2) is 58.8 Å². The number of hydrogen-bond donors (Lipinski definition) is 2. The number of aliphatic imine (C=N–C) groups is 1. The van der Waals surface area contributed by atoms with Crippen molar-refractivity contribution in [3.05, 3.63) is 30.1 Å². The van der Waals surface area contributed by atoms with E-state index < -0.39 is 0 Å². The summed E-state index contributed by atoms with van der Waals surface area (Å²) in [6.07, 6.45) is 0.911. The van der Waals surface area contributed by atoms with Gasteiger partial charge in [0.05, 0.1) is 13.2 Å². The van der Waals surface area contributed by atoms with Crippen molar-refractivity contribution in [2.24, 2.45) is 4.99 Å². The lowest BCUT2D eigenvalue weighted by Gasteiger charge is -2.11. The van der Waals surface area contributed by atoms with Crippen LogP contribution in [0.3, 0.4) is 0 Å². The summed E-state index contributed by atoms with van der Waals surface area (Å²) < 4.78 is 23.1. The van der Waals surface area contributed by atoms with Crippen LogP contribution in [0.2, 0.25) is 0 Å². The maximum atomic E-state index is 12.8. The van der Waals surface area contributed by atoms with Gasteiger partial charge in [-0.3, -0.25) is 4.99 Å². The fraction of sp³-hybridized carbons (Fsp3) is 0.562. The Morgan fingerprint density at radius 1 is 1.12 bits per heavy atom. The van der Waals surface area contributed by atoms with E-state index in [9.17, 15) is 4.39 Å². The zero-order chi connectivity index (χ0) is 16.8. The molecule has 0 aliphatic rings. The van der Waals surface area contributed by atoms with E-state index in [-0.39, 0.29) is 29.8 Å². The minimum atomic E-state index is -0.205. The predicted octanol–water partition coefficient (Wildman–Crippen LogP) is 2.75. The normalized spacial score (nSPS) is 11.0. The summed E-state index contributed by atoms with van der Waals surface area (Å²) in [5.74, 6) is 1.46. The van der Waals surface area contributed by atoms with Crippen molar-refractivity contribution in [2.45, 2.75) is 11.3 Å². The average molecular weight is 471 g/mol. The van der Waals surface area contributed by atoms with Crippen molar-refractivity contribution in [3.63, 3.8) is 0 Å². The van der Waals surface area contributed by atoms with Gasteiger partial charge in [-0.1, -0.05) is 0 Å². The van der Waals surface area contributed by atoms with Crippen LogP contribution < -0.4 is 10.6 Å². The van der Waals surface area contributed by atoms with E-state index in [4.69, 9.17) is 9.47 Å².